The maximum absolute atomic E-state index is 12.8. The zero-order valence-corrected chi connectivity index (χ0v) is 23.3. The lowest BCUT2D eigenvalue weighted by atomic mass is 9.99. The number of hydrogen-bond acceptors (Lipinski definition) is 4. The second kappa shape index (κ2) is 11.0. The predicted molar refractivity (Wildman–Crippen MR) is 159 cm³/mol. The van der Waals surface area contributed by atoms with Crippen molar-refractivity contribution in [1.29, 1.82) is 0 Å². The lowest BCUT2D eigenvalue weighted by molar-refractivity contribution is -0.132. The third kappa shape index (κ3) is 5.57. The molecule has 200 valence electrons. The molecule has 0 fully saturated rings. The number of anilines is 1. The van der Waals surface area contributed by atoms with E-state index in [2.05, 4.69) is 17.4 Å². The van der Waals surface area contributed by atoms with Crippen molar-refractivity contribution < 1.29 is 14.3 Å². The Hall–Kier alpha value is -4.97. The van der Waals surface area contributed by atoms with E-state index in [1.54, 1.807) is 16.8 Å². The Bertz CT molecular complexity index is 1720. The van der Waals surface area contributed by atoms with E-state index in [-0.39, 0.29) is 5.91 Å². The van der Waals surface area contributed by atoms with E-state index in [1.165, 1.54) is 6.92 Å². The van der Waals surface area contributed by atoms with Gasteiger partial charge in [0.2, 0.25) is 5.88 Å². The van der Waals surface area contributed by atoms with Crippen molar-refractivity contribution in [2.45, 2.75) is 34.6 Å². The topological polar surface area (TPSA) is 73.2 Å². The van der Waals surface area contributed by atoms with Gasteiger partial charge in [-0.05, 0) is 75.2 Å². The van der Waals surface area contributed by atoms with Crippen LogP contribution < -0.4 is 10.1 Å². The fourth-order valence-corrected chi connectivity index (χ4v) is 4.72. The molecule has 0 radical (unpaired) electrons. The number of nitrogens with one attached hydrogen (secondary N) is 1. The van der Waals surface area contributed by atoms with Crippen LogP contribution in [-0.4, -0.2) is 21.7 Å². The monoisotopic (exact) mass is 529 g/mol. The van der Waals surface area contributed by atoms with Gasteiger partial charge in [0.15, 0.2) is 0 Å². The first kappa shape index (κ1) is 26.6. The fraction of sp³-hybridized carbons (Fsp3) is 0.147. The van der Waals surface area contributed by atoms with E-state index in [0.717, 1.165) is 39.1 Å². The highest BCUT2D eigenvalue weighted by Crippen LogP contribution is 2.41. The van der Waals surface area contributed by atoms with Crippen molar-refractivity contribution >= 4 is 17.6 Å². The highest BCUT2D eigenvalue weighted by Gasteiger charge is 2.25. The Balaban J connectivity index is 1.63. The quantitative estimate of drug-likeness (QED) is 0.230. The summed E-state index contributed by atoms with van der Waals surface area (Å²) >= 11 is 0. The Morgan fingerprint density at radius 2 is 1.43 bits per heavy atom. The summed E-state index contributed by atoms with van der Waals surface area (Å²) in [5, 5.41) is 7.95. The molecule has 0 aliphatic heterocycles. The average molecular weight is 530 g/mol. The maximum atomic E-state index is 12.8. The number of nitrogens with zero attached hydrogens (tertiary/aromatic N) is 2. The fourth-order valence-electron chi connectivity index (χ4n) is 4.72. The number of benzene rings is 4. The second-order valence-corrected chi connectivity index (χ2v) is 10.1. The Morgan fingerprint density at radius 3 is 2.08 bits per heavy atom. The first-order valence-corrected chi connectivity index (χ1v) is 13.1. The zero-order valence-electron chi connectivity index (χ0n) is 23.3. The van der Waals surface area contributed by atoms with Gasteiger partial charge in [-0.3, -0.25) is 9.59 Å². The highest BCUT2D eigenvalue weighted by molar-refractivity contribution is 6.04. The van der Waals surface area contributed by atoms with Crippen LogP contribution >= 0.6 is 0 Å². The number of ether oxygens (including phenoxy) is 1. The molecule has 6 nitrogen and oxygen atoms in total. The van der Waals surface area contributed by atoms with Crippen LogP contribution in [0.4, 0.5) is 5.69 Å². The Kier molecular flexibility index (Phi) is 7.34. The molecular weight excluding hydrogens is 498 g/mol. The highest BCUT2D eigenvalue weighted by atomic mass is 16.5. The van der Waals surface area contributed by atoms with Gasteiger partial charge in [0.05, 0.1) is 11.3 Å². The molecule has 1 amide bonds. The lowest BCUT2D eigenvalue weighted by Gasteiger charge is -2.12. The molecule has 5 rings (SSSR count). The van der Waals surface area contributed by atoms with E-state index >= 15 is 0 Å². The number of aromatic nitrogens is 2. The third-order valence-corrected chi connectivity index (χ3v) is 6.70. The Labute approximate surface area is 234 Å². The minimum Gasteiger partial charge on any atom is -0.407 e. The SMILES string of the molecule is CC(=O)Oc1c(-c2ccc(NC(=O)c3ccc(C)cc3)cc2)c(-c2cccc(C)c2)nn1-c1ccc(C)cc1C. The molecular formula is C34H31N3O3. The molecule has 0 atom stereocenters. The minimum absolute atomic E-state index is 0.184. The van der Waals surface area contributed by atoms with Gasteiger partial charge in [-0.1, -0.05) is 71.3 Å². The van der Waals surface area contributed by atoms with Gasteiger partial charge in [-0.15, -0.1) is 0 Å². The smallest absolute Gasteiger partial charge is 0.309 e. The van der Waals surface area contributed by atoms with E-state index in [0.29, 0.717) is 28.4 Å². The summed E-state index contributed by atoms with van der Waals surface area (Å²) in [6.45, 7) is 9.45. The number of esters is 1. The number of amides is 1. The molecule has 4 aromatic carbocycles. The summed E-state index contributed by atoms with van der Waals surface area (Å²) in [6.07, 6.45) is 0. The van der Waals surface area contributed by atoms with Crippen molar-refractivity contribution in [2.75, 3.05) is 5.32 Å². The molecule has 5 aromatic rings. The van der Waals surface area contributed by atoms with Crippen LogP contribution in [0, 0.1) is 27.7 Å². The first-order chi connectivity index (χ1) is 19.2. The lowest BCUT2D eigenvalue weighted by Crippen LogP contribution is -2.11. The third-order valence-electron chi connectivity index (χ3n) is 6.70. The molecule has 0 spiro atoms. The van der Waals surface area contributed by atoms with E-state index < -0.39 is 5.97 Å². The summed E-state index contributed by atoms with van der Waals surface area (Å²) in [5.41, 5.74) is 9.48. The maximum Gasteiger partial charge on any atom is 0.309 e. The average Bonchev–Trinajstić information content (AvgIpc) is 3.27. The van der Waals surface area contributed by atoms with E-state index in [4.69, 9.17) is 9.84 Å². The van der Waals surface area contributed by atoms with Gasteiger partial charge in [-0.25, -0.2) is 0 Å². The normalized spacial score (nSPS) is 10.8. The molecule has 40 heavy (non-hydrogen) atoms. The van der Waals surface area contributed by atoms with Crippen LogP contribution in [0.5, 0.6) is 5.88 Å². The van der Waals surface area contributed by atoms with Crippen LogP contribution in [0.25, 0.3) is 28.1 Å². The van der Waals surface area contributed by atoms with Crippen molar-refractivity contribution in [3.05, 3.63) is 119 Å². The molecule has 0 aliphatic rings. The van der Waals surface area contributed by atoms with Crippen LogP contribution in [0.2, 0.25) is 0 Å². The Morgan fingerprint density at radius 1 is 0.750 bits per heavy atom. The van der Waals surface area contributed by atoms with Crippen LogP contribution in [0.1, 0.15) is 39.5 Å². The summed E-state index contributed by atoms with van der Waals surface area (Å²) in [6, 6.07) is 29.1. The summed E-state index contributed by atoms with van der Waals surface area (Å²) in [5.74, 6) is -0.284. The molecule has 6 heteroatoms. The molecule has 0 saturated heterocycles. The number of aryl methyl sites for hydroxylation is 4. The van der Waals surface area contributed by atoms with Gasteiger partial charge in [0.25, 0.3) is 5.91 Å². The van der Waals surface area contributed by atoms with E-state index in [1.807, 2.05) is 94.4 Å². The van der Waals surface area contributed by atoms with Gasteiger partial charge in [-0.2, -0.15) is 9.78 Å². The summed E-state index contributed by atoms with van der Waals surface area (Å²) in [4.78, 5) is 25.1. The van der Waals surface area contributed by atoms with Gasteiger partial charge < -0.3 is 10.1 Å². The second-order valence-electron chi connectivity index (χ2n) is 10.1. The largest absolute Gasteiger partial charge is 0.407 e. The molecule has 1 aromatic heterocycles. The van der Waals surface area contributed by atoms with Crippen LogP contribution in [0.3, 0.4) is 0 Å². The van der Waals surface area contributed by atoms with Crippen molar-refractivity contribution in [2.24, 2.45) is 0 Å². The van der Waals surface area contributed by atoms with Crippen molar-refractivity contribution in [1.82, 2.24) is 9.78 Å². The molecule has 0 bridgehead atoms. The molecule has 0 saturated carbocycles. The predicted octanol–water partition coefficient (Wildman–Crippen LogP) is 7.62. The molecule has 1 N–H and O–H groups in total. The van der Waals surface area contributed by atoms with E-state index in [9.17, 15) is 9.59 Å². The zero-order chi connectivity index (χ0) is 28.4. The summed E-state index contributed by atoms with van der Waals surface area (Å²) in [7, 11) is 0. The standard InChI is InChI=1S/C34H31N3O3/c1-21-9-12-27(13-10-21)33(39)35-29-16-14-26(15-17-29)31-32(28-8-6-7-22(2)20-28)36-37(34(31)40-25(5)38)30-18-11-23(3)19-24(30)4/h6-20H,1-5H3,(H,35,39). The first-order valence-electron chi connectivity index (χ1n) is 13.1. The number of carbonyl (C=O) groups excluding carboxylic acids is 2. The van der Waals surface area contributed by atoms with Gasteiger partial charge >= 0.3 is 5.97 Å². The number of rotatable bonds is 6. The summed E-state index contributed by atoms with van der Waals surface area (Å²) < 4.78 is 7.56. The van der Waals surface area contributed by atoms with Crippen LogP contribution in [0.15, 0.2) is 91.0 Å². The molecule has 0 aliphatic carbocycles. The number of hydrogen-bond donors (Lipinski definition) is 1. The van der Waals surface area contributed by atoms with Crippen LogP contribution in [-0.2, 0) is 4.79 Å². The minimum atomic E-state index is -0.440. The van der Waals surface area contributed by atoms with Crippen molar-refractivity contribution in [3.8, 4) is 34.0 Å². The van der Waals surface area contributed by atoms with Gasteiger partial charge in [0, 0.05) is 23.7 Å². The van der Waals surface area contributed by atoms with Crippen molar-refractivity contribution in [3.63, 3.8) is 0 Å². The molecule has 0 unspecified atom stereocenters. The molecule has 1 heterocycles. The number of carbonyl (C=O) groups is 2. The van der Waals surface area contributed by atoms with Gasteiger partial charge in [0.1, 0.15) is 5.69 Å².